The van der Waals surface area contributed by atoms with E-state index in [-0.39, 0.29) is 0 Å². The molecule has 2 N–H and O–H groups in total. The molecule has 4 nitrogen and oxygen atoms in total. The van der Waals surface area contributed by atoms with Gasteiger partial charge in [-0.2, -0.15) is 5.10 Å². The van der Waals surface area contributed by atoms with Crippen molar-refractivity contribution in [3.8, 4) is 16.9 Å². The summed E-state index contributed by atoms with van der Waals surface area (Å²) in [6.45, 7) is 2.48. The van der Waals surface area contributed by atoms with Crippen molar-refractivity contribution in [3.63, 3.8) is 0 Å². The van der Waals surface area contributed by atoms with Gasteiger partial charge in [0.15, 0.2) is 0 Å². The number of benzene rings is 1. The highest BCUT2D eigenvalue weighted by atomic mass is 16.5. The third-order valence-corrected chi connectivity index (χ3v) is 2.96. The Morgan fingerprint density at radius 3 is 2.82 bits per heavy atom. The van der Waals surface area contributed by atoms with Gasteiger partial charge in [0.25, 0.3) is 0 Å². The molecule has 1 heterocycles. The molecule has 0 aliphatic carbocycles. The van der Waals surface area contributed by atoms with E-state index in [9.17, 15) is 0 Å². The van der Waals surface area contributed by atoms with Gasteiger partial charge in [-0.3, -0.25) is 4.68 Å². The Kier molecular flexibility index (Phi) is 3.15. The van der Waals surface area contributed by atoms with Crippen molar-refractivity contribution in [2.75, 3.05) is 7.11 Å². The molecule has 1 aromatic heterocycles. The van der Waals surface area contributed by atoms with Gasteiger partial charge in [0.1, 0.15) is 5.75 Å². The second-order valence-electron chi connectivity index (χ2n) is 3.97. The van der Waals surface area contributed by atoms with Crippen LogP contribution in [0.5, 0.6) is 5.75 Å². The first-order valence-electron chi connectivity index (χ1n) is 5.54. The highest BCUT2D eigenvalue weighted by Crippen LogP contribution is 2.29. The van der Waals surface area contributed by atoms with Crippen LogP contribution in [-0.4, -0.2) is 16.9 Å². The lowest BCUT2D eigenvalue weighted by molar-refractivity contribution is 0.415. The number of ether oxygens (including phenoxy) is 1. The van der Waals surface area contributed by atoms with Crippen LogP contribution in [-0.2, 0) is 13.6 Å². The van der Waals surface area contributed by atoms with E-state index in [1.807, 2.05) is 42.9 Å². The summed E-state index contributed by atoms with van der Waals surface area (Å²) >= 11 is 0. The minimum Gasteiger partial charge on any atom is -0.497 e. The van der Waals surface area contributed by atoms with Crippen LogP contribution >= 0.6 is 0 Å². The summed E-state index contributed by atoms with van der Waals surface area (Å²) in [7, 11) is 3.59. The minimum absolute atomic E-state index is 0.439. The fraction of sp³-hybridized carbons (Fsp3) is 0.308. The molecule has 0 bridgehead atoms. The molecule has 17 heavy (non-hydrogen) atoms. The maximum Gasteiger partial charge on any atom is 0.119 e. The van der Waals surface area contributed by atoms with Gasteiger partial charge in [-0.25, -0.2) is 0 Å². The van der Waals surface area contributed by atoms with Gasteiger partial charge >= 0.3 is 0 Å². The molecule has 0 saturated heterocycles. The topological polar surface area (TPSA) is 53.1 Å². The molecule has 0 amide bonds. The fourth-order valence-corrected chi connectivity index (χ4v) is 1.97. The molecular weight excluding hydrogens is 214 g/mol. The van der Waals surface area contributed by atoms with Crippen LogP contribution in [0.3, 0.4) is 0 Å². The van der Waals surface area contributed by atoms with Gasteiger partial charge in [0.2, 0.25) is 0 Å². The van der Waals surface area contributed by atoms with Crippen molar-refractivity contribution in [3.05, 3.63) is 35.7 Å². The van der Waals surface area contributed by atoms with Crippen molar-refractivity contribution >= 4 is 0 Å². The Morgan fingerprint density at radius 1 is 1.41 bits per heavy atom. The maximum absolute atomic E-state index is 5.73. The normalized spacial score (nSPS) is 10.6. The average Bonchev–Trinajstić information content (AvgIpc) is 2.65. The second kappa shape index (κ2) is 4.59. The summed E-state index contributed by atoms with van der Waals surface area (Å²) in [4.78, 5) is 0. The molecule has 90 valence electrons. The number of nitrogens with two attached hydrogens (primary N) is 1. The van der Waals surface area contributed by atoms with Crippen molar-refractivity contribution in [2.24, 2.45) is 12.8 Å². The monoisotopic (exact) mass is 231 g/mol. The largest absolute Gasteiger partial charge is 0.497 e. The van der Waals surface area contributed by atoms with Crippen molar-refractivity contribution in [1.29, 1.82) is 0 Å². The highest BCUT2D eigenvalue weighted by Gasteiger charge is 2.13. The zero-order valence-corrected chi connectivity index (χ0v) is 10.4. The van der Waals surface area contributed by atoms with E-state index in [1.54, 1.807) is 7.11 Å². The molecule has 4 heteroatoms. The number of hydrogen-bond donors (Lipinski definition) is 1. The lowest BCUT2D eigenvalue weighted by Crippen LogP contribution is -1.99. The summed E-state index contributed by atoms with van der Waals surface area (Å²) in [6.07, 6.45) is 0. The van der Waals surface area contributed by atoms with E-state index in [0.29, 0.717) is 6.54 Å². The molecule has 0 atom stereocenters. The Morgan fingerprint density at radius 2 is 2.18 bits per heavy atom. The molecule has 0 aliphatic heterocycles. The van der Waals surface area contributed by atoms with E-state index < -0.39 is 0 Å². The number of rotatable bonds is 3. The van der Waals surface area contributed by atoms with Crippen LogP contribution in [0, 0.1) is 6.92 Å². The first kappa shape index (κ1) is 11.7. The first-order valence-corrected chi connectivity index (χ1v) is 5.54. The number of hydrogen-bond acceptors (Lipinski definition) is 3. The predicted octanol–water partition coefficient (Wildman–Crippen LogP) is 1.86. The van der Waals surface area contributed by atoms with Crippen LogP contribution in [0.25, 0.3) is 11.1 Å². The first-order chi connectivity index (χ1) is 8.17. The van der Waals surface area contributed by atoms with Gasteiger partial charge < -0.3 is 10.5 Å². The quantitative estimate of drug-likeness (QED) is 0.877. The molecule has 0 aliphatic rings. The van der Waals surface area contributed by atoms with E-state index >= 15 is 0 Å². The lowest BCUT2D eigenvalue weighted by Gasteiger charge is -2.05. The summed E-state index contributed by atoms with van der Waals surface area (Å²) < 4.78 is 7.10. The zero-order chi connectivity index (χ0) is 12.4. The Balaban J connectivity index is 2.58. The van der Waals surface area contributed by atoms with Crippen molar-refractivity contribution in [1.82, 2.24) is 9.78 Å². The summed E-state index contributed by atoms with van der Waals surface area (Å²) in [5.74, 6) is 0.841. The zero-order valence-electron chi connectivity index (χ0n) is 10.4. The Hall–Kier alpha value is -1.81. The third kappa shape index (κ3) is 2.03. The van der Waals surface area contributed by atoms with Crippen molar-refractivity contribution in [2.45, 2.75) is 13.5 Å². The third-order valence-electron chi connectivity index (χ3n) is 2.96. The van der Waals surface area contributed by atoms with Crippen LogP contribution in [0.1, 0.15) is 11.4 Å². The molecule has 0 saturated carbocycles. The van der Waals surface area contributed by atoms with Gasteiger partial charge in [0.05, 0.1) is 12.8 Å². The molecule has 2 rings (SSSR count). The van der Waals surface area contributed by atoms with E-state index in [1.165, 1.54) is 0 Å². The predicted molar refractivity (Wildman–Crippen MR) is 67.8 cm³/mol. The van der Waals surface area contributed by atoms with E-state index in [0.717, 1.165) is 28.3 Å². The number of aryl methyl sites for hydroxylation is 1. The SMILES string of the molecule is COc1cccc(-c2c(CN)nn(C)c2C)c1. The van der Waals surface area contributed by atoms with Gasteiger partial charge in [-0.05, 0) is 24.6 Å². The van der Waals surface area contributed by atoms with E-state index in [4.69, 9.17) is 10.5 Å². The molecular formula is C13H17N3O. The highest BCUT2D eigenvalue weighted by molar-refractivity contribution is 5.70. The average molecular weight is 231 g/mol. The van der Waals surface area contributed by atoms with Crippen LogP contribution in [0.2, 0.25) is 0 Å². The van der Waals surface area contributed by atoms with Crippen LogP contribution in [0.4, 0.5) is 0 Å². The molecule has 0 radical (unpaired) electrons. The maximum atomic E-state index is 5.73. The fourth-order valence-electron chi connectivity index (χ4n) is 1.97. The summed E-state index contributed by atoms with van der Waals surface area (Å²) in [5.41, 5.74) is 9.96. The summed E-state index contributed by atoms with van der Waals surface area (Å²) in [5, 5.41) is 4.41. The molecule has 0 fully saturated rings. The Bertz CT molecular complexity index is 531. The van der Waals surface area contributed by atoms with Crippen LogP contribution in [0.15, 0.2) is 24.3 Å². The van der Waals surface area contributed by atoms with Crippen LogP contribution < -0.4 is 10.5 Å². The smallest absolute Gasteiger partial charge is 0.119 e. The van der Waals surface area contributed by atoms with E-state index in [2.05, 4.69) is 5.10 Å². The number of aromatic nitrogens is 2. The molecule has 0 spiro atoms. The lowest BCUT2D eigenvalue weighted by atomic mass is 10.0. The minimum atomic E-state index is 0.439. The van der Waals surface area contributed by atoms with Crippen molar-refractivity contribution < 1.29 is 4.74 Å². The number of nitrogens with zero attached hydrogens (tertiary/aromatic N) is 2. The number of methoxy groups -OCH3 is 1. The Labute approximate surface area is 101 Å². The van der Waals surface area contributed by atoms with Gasteiger partial charge in [0, 0.05) is 24.8 Å². The second-order valence-corrected chi connectivity index (χ2v) is 3.97. The van der Waals surface area contributed by atoms with Gasteiger partial charge in [-0.1, -0.05) is 12.1 Å². The molecule has 2 aromatic rings. The standard InChI is InChI=1S/C13H17N3O/c1-9-13(12(8-14)15-16(9)2)10-5-4-6-11(7-10)17-3/h4-7H,8,14H2,1-3H3. The molecule has 0 unspecified atom stereocenters. The van der Waals surface area contributed by atoms with Gasteiger partial charge in [-0.15, -0.1) is 0 Å². The summed E-state index contributed by atoms with van der Waals surface area (Å²) in [6, 6.07) is 7.95. The molecule has 1 aromatic carbocycles.